The fraction of sp³-hybridized carbons (Fsp3) is 0.500. The Morgan fingerprint density at radius 2 is 2.17 bits per heavy atom. The number of fused-ring (bicyclic) bond motifs is 1. The Kier molecular flexibility index (Phi) is 4.18. The van der Waals surface area contributed by atoms with Gasteiger partial charge in [-0.05, 0) is 25.3 Å². The molecule has 3 heterocycles. The molecule has 23 heavy (non-hydrogen) atoms. The number of nitrogens with one attached hydrogen (secondary N) is 1. The first-order valence-electron chi connectivity index (χ1n) is 7.20. The van der Waals surface area contributed by atoms with Gasteiger partial charge in [0.05, 0.1) is 10.6 Å². The molecule has 0 unspecified atom stereocenters. The van der Waals surface area contributed by atoms with Gasteiger partial charge in [-0.3, -0.25) is 0 Å². The molecule has 0 spiro atoms. The number of anilines is 1. The summed E-state index contributed by atoms with van der Waals surface area (Å²) in [5.74, 6) is 2.43. The summed E-state index contributed by atoms with van der Waals surface area (Å²) in [6.45, 7) is 3.26. The molecule has 1 atom stereocenters. The molecule has 1 aliphatic rings. The van der Waals surface area contributed by atoms with Crippen molar-refractivity contribution in [1.29, 1.82) is 0 Å². The second-order valence-electron chi connectivity index (χ2n) is 5.61. The lowest BCUT2D eigenvalue weighted by Gasteiger charge is -2.24. The molecule has 3 rings (SSSR count). The van der Waals surface area contributed by atoms with Gasteiger partial charge >= 0.3 is 6.18 Å². The van der Waals surface area contributed by atoms with Crippen LogP contribution in [0.5, 0.6) is 0 Å². The SMILES string of the molecule is Cc1nnc2n1C[C@H](CNc1ncc(C(F)(F)F)cc1Cl)CC2. The number of alkyl halides is 3. The highest BCUT2D eigenvalue weighted by Gasteiger charge is 2.31. The summed E-state index contributed by atoms with van der Waals surface area (Å²) in [5.41, 5.74) is -0.851. The summed E-state index contributed by atoms with van der Waals surface area (Å²) < 4.78 is 39.8. The van der Waals surface area contributed by atoms with Crippen molar-refractivity contribution < 1.29 is 13.2 Å². The monoisotopic (exact) mass is 345 g/mol. The Morgan fingerprint density at radius 3 is 2.87 bits per heavy atom. The van der Waals surface area contributed by atoms with Crippen molar-refractivity contribution in [3.05, 3.63) is 34.5 Å². The molecule has 0 bridgehead atoms. The average Bonchev–Trinajstić information content (AvgIpc) is 2.86. The Morgan fingerprint density at radius 1 is 1.39 bits per heavy atom. The lowest BCUT2D eigenvalue weighted by atomic mass is 9.99. The van der Waals surface area contributed by atoms with Gasteiger partial charge in [-0.2, -0.15) is 13.2 Å². The molecule has 0 fully saturated rings. The van der Waals surface area contributed by atoms with E-state index in [-0.39, 0.29) is 10.8 Å². The van der Waals surface area contributed by atoms with Crippen molar-refractivity contribution in [2.24, 2.45) is 5.92 Å². The van der Waals surface area contributed by atoms with E-state index in [1.807, 2.05) is 6.92 Å². The molecular formula is C14H15ClF3N5. The number of halogens is 4. The zero-order valence-electron chi connectivity index (χ0n) is 12.4. The van der Waals surface area contributed by atoms with Gasteiger partial charge in [0.15, 0.2) is 0 Å². The van der Waals surface area contributed by atoms with E-state index in [4.69, 9.17) is 11.6 Å². The van der Waals surface area contributed by atoms with Gasteiger partial charge in [0.25, 0.3) is 0 Å². The van der Waals surface area contributed by atoms with Crippen molar-refractivity contribution >= 4 is 17.4 Å². The molecule has 0 amide bonds. The van der Waals surface area contributed by atoms with Crippen molar-refractivity contribution in [1.82, 2.24) is 19.7 Å². The van der Waals surface area contributed by atoms with Crippen LogP contribution >= 0.6 is 11.6 Å². The van der Waals surface area contributed by atoms with E-state index in [2.05, 4.69) is 25.1 Å². The fourth-order valence-corrected chi connectivity index (χ4v) is 2.89. The molecular weight excluding hydrogens is 331 g/mol. The molecule has 5 nitrogen and oxygen atoms in total. The van der Waals surface area contributed by atoms with Gasteiger partial charge in [-0.15, -0.1) is 10.2 Å². The second-order valence-corrected chi connectivity index (χ2v) is 6.02. The van der Waals surface area contributed by atoms with Gasteiger partial charge in [0.1, 0.15) is 17.5 Å². The van der Waals surface area contributed by atoms with E-state index in [9.17, 15) is 13.2 Å². The predicted octanol–water partition coefficient (Wildman–Crippen LogP) is 3.33. The molecule has 2 aromatic rings. The van der Waals surface area contributed by atoms with Gasteiger partial charge in [0, 0.05) is 25.7 Å². The van der Waals surface area contributed by atoms with Crippen molar-refractivity contribution in [3.63, 3.8) is 0 Å². The Balaban J connectivity index is 1.64. The third kappa shape index (κ3) is 3.41. The van der Waals surface area contributed by atoms with Gasteiger partial charge < -0.3 is 9.88 Å². The maximum atomic E-state index is 12.6. The van der Waals surface area contributed by atoms with E-state index in [1.165, 1.54) is 0 Å². The number of hydrogen-bond acceptors (Lipinski definition) is 4. The summed E-state index contributed by atoms with van der Waals surface area (Å²) in [7, 11) is 0. The molecule has 0 radical (unpaired) electrons. The fourth-order valence-electron chi connectivity index (χ4n) is 2.66. The minimum Gasteiger partial charge on any atom is -0.368 e. The lowest BCUT2D eigenvalue weighted by molar-refractivity contribution is -0.137. The molecule has 2 aromatic heterocycles. The van der Waals surface area contributed by atoms with E-state index in [0.717, 1.165) is 43.3 Å². The normalized spacial score (nSPS) is 17.9. The molecule has 0 aromatic carbocycles. The van der Waals surface area contributed by atoms with Crippen LogP contribution in [0.15, 0.2) is 12.3 Å². The number of aryl methyl sites for hydroxylation is 2. The number of pyridine rings is 1. The van der Waals surface area contributed by atoms with E-state index in [1.54, 1.807) is 0 Å². The summed E-state index contributed by atoms with van der Waals surface area (Å²) >= 11 is 5.89. The number of aromatic nitrogens is 4. The highest BCUT2D eigenvalue weighted by molar-refractivity contribution is 6.32. The number of hydrogen-bond donors (Lipinski definition) is 1. The van der Waals surface area contributed by atoms with Crippen LogP contribution in [0.3, 0.4) is 0 Å². The zero-order chi connectivity index (χ0) is 16.6. The van der Waals surface area contributed by atoms with Crippen LogP contribution in [0.1, 0.15) is 23.6 Å². The van der Waals surface area contributed by atoms with Crippen molar-refractivity contribution in [2.75, 3.05) is 11.9 Å². The first kappa shape index (κ1) is 16.0. The average molecular weight is 346 g/mol. The Bertz CT molecular complexity index is 713. The molecule has 0 aliphatic carbocycles. The number of nitrogens with zero attached hydrogens (tertiary/aromatic N) is 4. The minimum absolute atomic E-state index is 0.0307. The maximum absolute atomic E-state index is 12.6. The summed E-state index contributed by atoms with van der Waals surface area (Å²) in [5, 5.41) is 11.2. The standard InChI is InChI=1S/C14H15ClF3N5/c1-8-21-22-12-3-2-9(7-23(8)12)5-19-13-11(15)4-10(6-20-13)14(16,17)18/h4,6,9H,2-3,5,7H2,1H3,(H,19,20)/t9-/m0/s1. The van der Waals surface area contributed by atoms with Crippen molar-refractivity contribution in [2.45, 2.75) is 32.5 Å². The van der Waals surface area contributed by atoms with Crippen LogP contribution in [-0.2, 0) is 19.1 Å². The van der Waals surface area contributed by atoms with Crippen LogP contribution in [0.2, 0.25) is 5.02 Å². The third-order valence-electron chi connectivity index (χ3n) is 3.96. The second kappa shape index (κ2) is 5.99. The van der Waals surface area contributed by atoms with Gasteiger partial charge in [-0.1, -0.05) is 11.6 Å². The number of rotatable bonds is 3. The molecule has 1 N–H and O–H groups in total. The highest BCUT2D eigenvalue weighted by Crippen LogP contribution is 2.32. The van der Waals surface area contributed by atoms with E-state index >= 15 is 0 Å². The molecule has 124 valence electrons. The quantitative estimate of drug-likeness (QED) is 0.927. The topological polar surface area (TPSA) is 55.6 Å². The third-order valence-corrected chi connectivity index (χ3v) is 4.24. The van der Waals surface area contributed by atoms with Crippen LogP contribution in [0.4, 0.5) is 19.0 Å². The van der Waals surface area contributed by atoms with Crippen LogP contribution in [0.25, 0.3) is 0 Å². The van der Waals surface area contributed by atoms with Crippen LogP contribution < -0.4 is 5.32 Å². The maximum Gasteiger partial charge on any atom is 0.417 e. The van der Waals surface area contributed by atoms with Crippen LogP contribution in [-0.4, -0.2) is 26.3 Å². The smallest absolute Gasteiger partial charge is 0.368 e. The lowest BCUT2D eigenvalue weighted by Crippen LogP contribution is -2.27. The van der Waals surface area contributed by atoms with E-state index in [0.29, 0.717) is 12.5 Å². The largest absolute Gasteiger partial charge is 0.417 e. The zero-order valence-corrected chi connectivity index (χ0v) is 13.1. The summed E-state index contributed by atoms with van der Waals surface area (Å²) in [4.78, 5) is 3.79. The van der Waals surface area contributed by atoms with Crippen molar-refractivity contribution in [3.8, 4) is 0 Å². The first-order valence-corrected chi connectivity index (χ1v) is 7.57. The molecule has 0 saturated carbocycles. The first-order chi connectivity index (χ1) is 10.8. The molecule has 1 aliphatic heterocycles. The summed E-state index contributed by atoms with van der Waals surface area (Å²) in [6.07, 6.45) is -1.89. The van der Waals surface area contributed by atoms with Crippen LogP contribution in [0, 0.1) is 12.8 Å². The van der Waals surface area contributed by atoms with E-state index < -0.39 is 11.7 Å². The molecule has 9 heteroatoms. The highest BCUT2D eigenvalue weighted by atomic mass is 35.5. The van der Waals surface area contributed by atoms with Gasteiger partial charge in [0.2, 0.25) is 0 Å². The predicted molar refractivity (Wildman–Crippen MR) is 79.3 cm³/mol. The Labute approximate surface area is 135 Å². The van der Waals surface area contributed by atoms with Gasteiger partial charge in [-0.25, -0.2) is 4.98 Å². The minimum atomic E-state index is -4.44. The Hall–Kier alpha value is -1.83. The molecule has 0 saturated heterocycles. The summed E-state index contributed by atoms with van der Waals surface area (Å²) in [6, 6.07) is 0.889.